The normalized spacial score (nSPS) is 19.6. The largest absolute Gasteiger partial charge is 0.485 e. The number of aromatic nitrogens is 1. The van der Waals surface area contributed by atoms with E-state index in [2.05, 4.69) is 8.73 Å². The van der Waals surface area contributed by atoms with Gasteiger partial charge < -0.3 is 9.47 Å². The average molecular weight is 618 g/mol. The van der Waals surface area contributed by atoms with Crippen LogP contribution in [0, 0.1) is 0 Å². The zero-order valence-corrected chi connectivity index (χ0v) is 25.1. The van der Waals surface area contributed by atoms with Gasteiger partial charge in [0.05, 0.1) is 21.2 Å². The Kier molecular flexibility index (Phi) is 7.33. The van der Waals surface area contributed by atoms with Crippen LogP contribution < -0.4 is 9.47 Å². The van der Waals surface area contributed by atoms with Crippen LogP contribution >= 0.6 is 0 Å². The molecule has 5 aromatic rings. The molecule has 2 unspecified atom stereocenters. The van der Waals surface area contributed by atoms with E-state index in [-0.39, 0.29) is 13.2 Å². The number of hydrogen-bond donors (Lipinski definition) is 0. The Morgan fingerprint density at radius 2 is 0.932 bits per heavy atom. The Morgan fingerprint density at radius 1 is 0.500 bits per heavy atom. The van der Waals surface area contributed by atoms with Crippen molar-refractivity contribution in [3.05, 3.63) is 149 Å². The van der Waals surface area contributed by atoms with Crippen molar-refractivity contribution < 1.29 is 17.9 Å². The predicted octanol–water partition coefficient (Wildman–Crippen LogP) is 8.53. The molecule has 0 N–H and O–H groups in total. The van der Waals surface area contributed by atoms with Crippen LogP contribution in [0.5, 0.6) is 11.5 Å². The fourth-order valence-corrected chi connectivity index (χ4v) is 8.26. The van der Waals surface area contributed by atoms with E-state index in [1.54, 1.807) is 10.8 Å². The van der Waals surface area contributed by atoms with Gasteiger partial charge in [-0.15, -0.1) is 0 Å². The lowest BCUT2D eigenvalue weighted by molar-refractivity contribution is 0.291. The number of pyridine rings is 1. The summed E-state index contributed by atoms with van der Waals surface area (Å²) in [6.07, 6.45) is 3.67. The van der Waals surface area contributed by atoms with E-state index in [4.69, 9.17) is 14.5 Å². The predicted molar refractivity (Wildman–Crippen MR) is 174 cm³/mol. The molecule has 0 bridgehead atoms. The van der Waals surface area contributed by atoms with Crippen LogP contribution in [0.15, 0.2) is 145 Å². The second-order valence-electron chi connectivity index (χ2n) is 10.1. The minimum Gasteiger partial charge on any atom is -0.485 e. The van der Waals surface area contributed by atoms with Gasteiger partial charge in [0, 0.05) is 21.9 Å². The quantitative estimate of drug-likeness (QED) is 0.174. The number of fused-ring (bicyclic) bond motifs is 2. The van der Waals surface area contributed by atoms with Crippen LogP contribution in [0.3, 0.4) is 0 Å². The maximum atomic E-state index is 13.7. The molecule has 0 amide bonds. The summed E-state index contributed by atoms with van der Waals surface area (Å²) >= 11 is 0. The molecule has 218 valence electrons. The van der Waals surface area contributed by atoms with Crippen molar-refractivity contribution in [3.8, 4) is 11.5 Å². The Balaban J connectivity index is 1.09. The molecular weight excluding hydrogens is 591 g/mol. The van der Waals surface area contributed by atoms with Crippen LogP contribution in [0.2, 0.25) is 0 Å². The minimum atomic E-state index is -2.76. The molecule has 0 saturated heterocycles. The zero-order chi connectivity index (χ0) is 30.0. The number of hydrogen-bond acceptors (Lipinski definition) is 7. The number of nitrogens with zero attached hydrogens (tertiary/aromatic N) is 3. The van der Waals surface area contributed by atoms with Gasteiger partial charge in [-0.05, 0) is 60.7 Å². The van der Waals surface area contributed by atoms with E-state index in [1.165, 1.54) is 0 Å². The van der Waals surface area contributed by atoms with Gasteiger partial charge in [0.25, 0.3) is 0 Å². The summed E-state index contributed by atoms with van der Waals surface area (Å²) in [7, 11) is -5.51. The highest BCUT2D eigenvalue weighted by molar-refractivity contribution is 7.97. The Hall–Kier alpha value is -4.99. The maximum absolute atomic E-state index is 13.7. The molecule has 7 rings (SSSR count). The van der Waals surface area contributed by atoms with Crippen molar-refractivity contribution in [2.45, 2.75) is 23.0 Å². The molecule has 0 saturated carbocycles. The van der Waals surface area contributed by atoms with Crippen molar-refractivity contribution in [1.29, 1.82) is 0 Å². The molecule has 2 atom stereocenters. The first-order valence-electron chi connectivity index (χ1n) is 14.0. The standard InChI is InChI=1S/C35H27N3O4S2/c39-43(30-14-3-1-4-15-30)22-20-26-10-7-18-32(34(26)37-43)41-24-28-12-9-13-29(36-28)25-42-33-19-8-11-27-21-23-44(40,38-35(27)33)31-16-5-2-6-17-31/h1-23H,24-25H2. The zero-order valence-electron chi connectivity index (χ0n) is 23.5. The van der Waals surface area contributed by atoms with Gasteiger partial charge in [-0.25, -0.2) is 8.42 Å². The van der Waals surface area contributed by atoms with Crippen LogP contribution in [0.1, 0.15) is 22.5 Å². The summed E-state index contributed by atoms with van der Waals surface area (Å²) < 4.78 is 49.0. The van der Waals surface area contributed by atoms with E-state index in [9.17, 15) is 8.42 Å². The fourth-order valence-electron chi connectivity index (χ4n) is 4.93. The first kappa shape index (κ1) is 27.8. The van der Waals surface area contributed by atoms with Gasteiger partial charge >= 0.3 is 0 Å². The van der Waals surface area contributed by atoms with Crippen molar-refractivity contribution in [2.75, 3.05) is 0 Å². The van der Waals surface area contributed by atoms with E-state index in [0.29, 0.717) is 44.1 Å². The monoisotopic (exact) mass is 617 g/mol. The molecule has 1 aromatic heterocycles. The summed E-state index contributed by atoms with van der Waals surface area (Å²) in [5, 5.41) is 3.32. The first-order valence-corrected chi connectivity index (χ1v) is 17.1. The number of rotatable bonds is 8. The van der Waals surface area contributed by atoms with Gasteiger partial charge in [0.2, 0.25) is 0 Å². The molecule has 0 radical (unpaired) electrons. The van der Waals surface area contributed by atoms with Crippen molar-refractivity contribution in [3.63, 3.8) is 0 Å². The van der Waals surface area contributed by atoms with Gasteiger partial charge in [-0.3, -0.25) is 4.98 Å². The van der Waals surface area contributed by atoms with Crippen LogP contribution in [-0.2, 0) is 32.7 Å². The van der Waals surface area contributed by atoms with E-state index < -0.39 is 19.5 Å². The van der Waals surface area contributed by atoms with E-state index in [1.807, 2.05) is 127 Å². The second-order valence-corrected chi connectivity index (χ2v) is 14.3. The third-order valence-electron chi connectivity index (χ3n) is 7.16. The minimum absolute atomic E-state index is 0.191. The molecular formula is C35H27N3O4S2. The topological polar surface area (TPSA) is 90.2 Å². The molecule has 0 aliphatic carbocycles. The van der Waals surface area contributed by atoms with Gasteiger partial charge in [-0.2, -0.15) is 8.73 Å². The Labute approximate surface area is 256 Å². The summed E-state index contributed by atoms with van der Waals surface area (Å²) in [5.41, 5.74) is 4.21. The average Bonchev–Trinajstić information content (AvgIpc) is 3.07. The highest BCUT2D eigenvalue weighted by Gasteiger charge is 2.20. The van der Waals surface area contributed by atoms with Gasteiger partial charge in [-0.1, -0.05) is 66.7 Å². The van der Waals surface area contributed by atoms with Crippen molar-refractivity contribution >= 4 is 43.0 Å². The molecule has 0 fully saturated rings. The summed E-state index contributed by atoms with van der Waals surface area (Å²) in [4.78, 5) is 6.03. The second kappa shape index (κ2) is 11.6. The number of benzene rings is 4. The van der Waals surface area contributed by atoms with Crippen LogP contribution in [0.4, 0.5) is 11.4 Å². The van der Waals surface area contributed by atoms with Gasteiger partial charge in [0.15, 0.2) is 0 Å². The maximum Gasteiger partial charge on any atom is 0.146 e. The smallest absolute Gasteiger partial charge is 0.146 e. The molecule has 44 heavy (non-hydrogen) atoms. The van der Waals surface area contributed by atoms with Crippen molar-refractivity contribution in [2.24, 2.45) is 8.73 Å². The lowest BCUT2D eigenvalue weighted by Crippen LogP contribution is -2.05. The molecule has 3 heterocycles. The van der Waals surface area contributed by atoms with Gasteiger partial charge in [0.1, 0.15) is 55.5 Å². The summed E-state index contributed by atoms with van der Waals surface area (Å²) in [6, 6.07) is 35.4. The van der Waals surface area contributed by atoms with Crippen LogP contribution in [-0.4, -0.2) is 13.4 Å². The third kappa shape index (κ3) is 5.55. The highest BCUT2D eigenvalue weighted by atomic mass is 32.2. The summed E-state index contributed by atoms with van der Waals surface area (Å²) in [5.74, 6) is 1.07. The molecule has 7 nitrogen and oxygen atoms in total. The molecule has 4 aromatic carbocycles. The molecule has 2 aliphatic heterocycles. The first-order chi connectivity index (χ1) is 21.5. The Bertz CT molecular complexity index is 2030. The van der Waals surface area contributed by atoms with E-state index >= 15 is 0 Å². The highest BCUT2D eigenvalue weighted by Crippen LogP contribution is 2.40. The van der Waals surface area contributed by atoms with Crippen molar-refractivity contribution in [1.82, 2.24) is 4.98 Å². The van der Waals surface area contributed by atoms with Crippen LogP contribution in [0.25, 0.3) is 12.2 Å². The summed E-state index contributed by atoms with van der Waals surface area (Å²) in [6.45, 7) is 0.381. The fraction of sp³-hybridized carbons (Fsp3) is 0.0571. The molecule has 2 aliphatic rings. The SMILES string of the molecule is O=S1(c2ccccc2)=Nc2c(cccc2OCc2cccc(COc3cccc4c3N=S(=O)(c3ccccc3)C=C4)n2)C=C1. The van der Waals surface area contributed by atoms with E-state index in [0.717, 1.165) is 11.1 Å². The molecule has 0 spiro atoms. The number of ether oxygens (including phenoxy) is 2. The lowest BCUT2D eigenvalue weighted by atomic mass is 10.1. The third-order valence-corrected chi connectivity index (χ3v) is 11.0. The Morgan fingerprint density at radius 3 is 1.39 bits per heavy atom. The lowest BCUT2D eigenvalue weighted by Gasteiger charge is -2.17. The molecule has 9 heteroatoms.